The molecule has 7 heterocycles. The van der Waals surface area contributed by atoms with E-state index >= 15 is 0 Å². The van der Waals surface area contributed by atoms with Crippen molar-refractivity contribution in [3.63, 3.8) is 0 Å². The highest BCUT2D eigenvalue weighted by molar-refractivity contribution is 6.31. The number of rotatable bonds is 16. The van der Waals surface area contributed by atoms with E-state index in [0.29, 0.717) is 25.7 Å². The van der Waals surface area contributed by atoms with Gasteiger partial charge in [-0.15, -0.1) is 0 Å². The molecule has 0 saturated carbocycles. The summed E-state index contributed by atoms with van der Waals surface area (Å²) >= 11 is 0. The lowest BCUT2D eigenvalue weighted by molar-refractivity contribution is -0.324. The quantitative estimate of drug-likeness (QED) is 0.0480. The zero-order valence-electron chi connectivity index (χ0n) is 67.5. The van der Waals surface area contributed by atoms with Gasteiger partial charge in [0.05, 0.1) is 109 Å². The Morgan fingerprint density at radius 1 is 0.474 bits per heavy atom. The Balaban J connectivity index is 0.000000191. The van der Waals surface area contributed by atoms with Gasteiger partial charge in [-0.3, -0.25) is 38.4 Å². The number of esters is 2. The third kappa shape index (κ3) is 15.3. The largest absolute Gasteiger partial charge is 0.507 e. The van der Waals surface area contributed by atoms with Crippen molar-refractivity contribution >= 4 is 46.6 Å². The minimum Gasteiger partial charge on any atom is -0.507 e. The maximum atomic E-state index is 13.9. The SMILES string of the molecule is CC[C@@]1(O)C[C@@H](O[C@H]2C[C@H](N(C)C)[C@H](O[C@H]3C[C@@H]4O[C@H]5CC(=O)[C@H](C)O[C@@H]5C[C@@H]4[C@H](C)O3)[C@H](C)O2)c2c(cc3c(c2O)C(=O)c2c(O)cccc2C3=O)C1C(=O)OC.CC[C@@]1(O)C[C@H](O[C@@H]2C[C@@H](N(C)C)[C@@H](O[C@@H]3C[C@@H](O)[C@@H](O[C@@H]4CCC(=O)[C@@H](C)O4)[C@@H](C)O3)[C@@H](C)O2)c2c(cc3c(c2O)C(=O)c2c(O)cccc2C3=O)C1C(=O)OC. The monoisotopic (exact) mass is 1620 g/mol. The van der Waals surface area contributed by atoms with Crippen LogP contribution in [-0.4, -0.2) is 269 Å². The summed E-state index contributed by atoms with van der Waals surface area (Å²) in [5, 5.41) is 80.7. The number of carbonyl (C=O) groups excluding carboxylic acids is 8. The number of aliphatic hydroxyl groups is 3. The molecule has 7 fully saturated rings. The van der Waals surface area contributed by atoms with E-state index in [1.807, 2.05) is 51.8 Å². The Morgan fingerprint density at radius 2 is 0.905 bits per heavy atom. The lowest BCUT2D eigenvalue weighted by Gasteiger charge is -2.51. The number of methoxy groups -OCH3 is 2. The van der Waals surface area contributed by atoms with Crippen LogP contribution in [0.2, 0.25) is 0 Å². The molecular formula is C85H106N2O29. The van der Waals surface area contributed by atoms with Gasteiger partial charge in [-0.25, -0.2) is 0 Å². The molecule has 11 aliphatic rings. The average Bonchev–Trinajstić information content (AvgIpc) is 0.713. The molecule has 31 nitrogen and oxygen atoms in total. The molecule has 0 amide bonds. The number of likely N-dealkylation sites (N-methyl/N-ethyl adjacent to an activating group) is 2. The van der Waals surface area contributed by atoms with Crippen LogP contribution in [0.25, 0.3) is 0 Å². The van der Waals surface area contributed by atoms with Gasteiger partial charge >= 0.3 is 11.9 Å². The van der Waals surface area contributed by atoms with Crippen LogP contribution in [0.15, 0.2) is 48.5 Å². The van der Waals surface area contributed by atoms with Gasteiger partial charge in [-0.2, -0.15) is 0 Å². The molecule has 2 unspecified atom stereocenters. The first kappa shape index (κ1) is 84.8. The minimum absolute atomic E-state index is 0.00573. The number of fused-ring (bicyclic) bond motifs is 8. The van der Waals surface area contributed by atoms with Gasteiger partial charge in [0.1, 0.15) is 65.4 Å². The summed E-state index contributed by atoms with van der Waals surface area (Å²) in [6, 6.07) is 10.3. The van der Waals surface area contributed by atoms with Crippen LogP contribution >= 0.6 is 0 Å². The van der Waals surface area contributed by atoms with E-state index in [0.717, 1.165) is 6.42 Å². The number of nitrogens with zero attached hydrogens (tertiary/aromatic N) is 2. The van der Waals surface area contributed by atoms with E-state index < -0.39 is 180 Å². The summed E-state index contributed by atoms with van der Waals surface area (Å²) in [6.07, 6.45) is -9.85. The van der Waals surface area contributed by atoms with Crippen LogP contribution in [0, 0.1) is 5.92 Å². The first-order valence-corrected chi connectivity index (χ1v) is 40.2. The van der Waals surface area contributed by atoms with E-state index in [9.17, 15) is 74.1 Å². The smallest absolute Gasteiger partial charge is 0.316 e. The van der Waals surface area contributed by atoms with E-state index in [1.54, 1.807) is 41.5 Å². The van der Waals surface area contributed by atoms with Gasteiger partial charge < -0.3 is 112 Å². The van der Waals surface area contributed by atoms with Gasteiger partial charge in [0.2, 0.25) is 11.6 Å². The fraction of sp³-hybridized carbons (Fsp3) is 0.624. The van der Waals surface area contributed by atoms with Crippen molar-refractivity contribution in [1.82, 2.24) is 9.80 Å². The number of hydrogen-bond acceptors (Lipinski definition) is 31. The highest BCUT2D eigenvalue weighted by atomic mass is 16.7. The fourth-order valence-corrected chi connectivity index (χ4v) is 19.5. The Kier molecular flexibility index (Phi) is 24.2. The third-order valence-corrected chi connectivity index (χ3v) is 25.9. The van der Waals surface area contributed by atoms with Gasteiger partial charge in [-0.1, -0.05) is 38.1 Å². The second kappa shape index (κ2) is 33.2. The Hall–Kier alpha value is -7.64. The summed E-state index contributed by atoms with van der Waals surface area (Å²) in [7, 11) is 9.94. The molecule has 15 rings (SSSR count). The Bertz CT molecular complexity index is 4480. The summed E-state index contributed by atoms with van der Waals surface area (Å²) in [5.41, 5.74) is -4.85. The first-order valence-electron chi connectivity index (χ1n) is 40.2. The maximum absolute atomic E-state index is 13.9. The van der Waals surface area contributed by atoms with Crippen LogP contribution in [0.3, 0.4) is 0 Å². The number of benzene rings is 4. The Morgan fingerprint density at radius 3 is 1.34 bits per heavy atom. The molecule has 0 spiro atoms. The van der Waals surface area contributed by atoms with Crippen LogP contribution in [0.1, 0.15) is 242 Å². The van der Waals surface area contributed by atoms with E-state index in [4.69, 9.17) is 66.3 Å². The van der Waals surface area contributed by atoms with E-state index in [-0.39, 0.29) is 166 Å². The first-order chi connectivity index (χ1) is 55.0. The molecule has 4 aliphatic carbocycles. The number of phenols is 4. The molecule has 116 heavy (non-hydrogen) atoms. The van der Waals surface area contributed by atoms with Crippen LogP contribution in [0.5, 0.6) is 23.0 Å². The van der Waals surface area contributed by atoms with Crippen molar-refractivity contribution in [2.24, 2.45) is 5.92 Å². The number of ether oxygens (including phenoxy) is 14. The summed E-state index contributed by atoms with van der Waals surface area (Å²) in [4.78, 5) is 111. The van der Waals surface area contributed by atoms with Crippen LogP contribution < -0.4 is 0 Å². The molecule has 31 heteroatoms. The summed E-state index contributed by atoms with van der Waals surface area (Å²) in [6.45, 7) is 14.3. The van der Waals surface area contributed by atoms with Crippen molar-refractivity contribution in [3.8, 4) is 23.0 Å². The molecule has 0 radical (unpaired) electrons. The lowest BCUT2D eigenvalue weighted by Crippen LogP contribution is -2.59. The molecule has 630 valence electrons. The summed E-state index contributed by atoms with van der Waals surface area (Å²) < 4.78 is 86.6. The third-order valence-electron chi connectivity index (χ3n) is 25.9. The number of hydrogen-bond donors (Lipinski definition) is 7. The zero-order valence-corrected chi connectivity index (χ0v) is 67.5. The second-order valence-electron chi connectivity index (χ2n) is 33.3. The number of carbonyl (C=O) groups is 8. The Labute approximate surface area is 671 Å². The normalized spacial score (nSPS) is 37.3. The maximum Gasteiger partial charge on any atom is 0.316 e. The van der Waals surface area contributed by atoms with Crippen molar-refractivity contribution in [1.29, 1.82) is 0 Å². The van der Waals surface area contributed by atoms with Crippen molar-refractivity contribution < 1.29 is 140 Å². The highest BCUT2D eigenvalue weighted by Gasteiger charge is 2.58. The molecule has 7 N–H and O–H groups in total. The van der Waals surface area contributed by atoms with Gasteiger partial charge in [0.25, 0.3) is 0 Å². The molecule has 7 saturated heterocycles. The molecule has 27 atom stereocenters. The van der Waals surface area contributed by atoms with E-state index in [1.165, 1.54) is 62.8 Å². The molecule has 7 aliphatic heterocycles. The number of aliphatic hydroxyl groups excluding tert-OH is 1. The van der Waals surface area contributed by atoms with Crippen LogP contribution in [0.4, 0.5) is 0 Å². The van der Waals surface area contributed by atoms with E-state index in [2.05, 4.69) is 0 Å². The van der Waals surface area contributed by atoms with Gasteiger partial charge in [0.15, 0.2) is 54.6 Å². The lowest BCUT2D eigenvalue weighted by atomic mass is 9.67. The molecule has 0 bridgehead atoms. The van der Waals surface area contributed by atoms with Crippen molar-refractivity contribution in [2.45, 2.75) is 291 Å². The molecular weight excluding hydrogens is 1510 g/mol. The van der Waals surface area contributed by atoms with Crippen molar-refractivity contribution in [2.75, 3.05) is 42.4 Å². The molecule has 0 aromatic heterocycles. The number of Topliss-reactive ketones (excluding diaryl/α,β-unsaturated/α-hetero) is 2. The zero-order chi connectivity index (χ0) is 83.5. The van der Waals surface area contributed by atoms with Crippen molar-refractivity contribution in [3.05, 3.63) is 115 Å². The predicted molar refractivity (Wildman–Crippen MR) is 404 cm³/mol. The molecule has 4 aromatic rings. The van der Waals surface area contributed by atoms with Gasteiger partial charge in [0, 0.05) is 109 Å². The average molecular weight is 1620 g/mol. The number of ketones is 6. The second-order valence-corrected chi connectivity index (χ2v) is 33.3. The topological polar surface area (TPSA) is 414 Å². The summed E-state index contributed by atoms with van der Waals surface area (Å²) in [5.74, 6) is -8.97. The van der Waals surface area contributed by atoms with Gasteiger partial charge in [-0.05, 0) is 124 Å². The number of aromatic hydroxyl groups is 4. The standard InChI is InChI=1S/C43H53NO14.C42H53NO15/c1-8-43(51)17-31(35-23(37(43)42(50)52-7)12-24-36(40(35)49)39(48)34-21(38(24)47)10-9-11-26(34)45)57-32-14-25(44(5)6)41(20(4)55-32)58-33-16-28-22(18(2)54-33)13-29-30(56-28)15-27(46)19(3)53-29;1-8-42(51)17-28(33-22(35(42)41(50)52-7)14-23-34(38(33)49)37(48)32-21(36(23)47)10-9-11-26(32)45)56-30-15-24(43(5)6)39(19(3)54-30)58-31-16-27(46)40(20(4)55-31)57-29-13-12-25(44)18(2)53-29/h9-12,18-20,22,25,28-33,37,41,45,49,51H,8,13-17H2,1-7H3;9-11,14,18-20,24,27-31,35,39-40,45-46,49,51H,8,12-13,15-17H2,1-7H3/t18-,19-,20-,22+,25-,28-,29+,30-,31+,32-,33-,37?,41+,43+;18-,19-,20-,24-,27-,28+,29-,30-,31-,35?,39+,40+,42-/m01/s1. The van der Waals surface area contributed by atoms with Crippen LogP contribution in [-0.2, 0) is 85.5 Å². The number of phenolic OH excluding ortho intramolecular Hbond substituents is 4. The highest BCUT2D eigenvalue weighted by Crippen LogP contribution is 2.57. The predicted octanol–water partition coefficient (Wildman–Crippen LogP) is 7.00. The fourth-order valence-electron chi connectivity index (χ4n) is 19.5. The molecule has 4 aromatic carbocycles. The minimum atomic E-state index is -1.76.